The second-order valence-electron chi connectivity index (χ2n) is 6.43. The lowest BCUT2D eigenvalue weighted by Crippen LogP contribution is -2.31. The van der Waals surface area contributed by atoms with Crippen molar-refractivity contribution in [3.63, 3.8) is 0 Å². The standard InChI is InChI=1S/C20H21NO2/c1-13-4-8-16(9-5-13)12-18-15(3)19(22)21(20(18)23)17-10-6-14(2)7-11-17/h4-11,15,18H,12H2,1-3H3/t15-,18+/m1/s1. The van der Waals surface area contributed by atoms with Gasteiger partial charge in [-0.05, 0) is 38.0 Å². The molecule has 1 fully saturated rings. The van der Waals surface area contributed by atoms with Gasteiger partial charge in [-0.3, -0.25) is 14.5 Å². The molecule has 3 heteroatoms. The van der Waals surface area contributed by atoms with Gasteiger partial charge in [-0.25, -0.2) is 0 Å². The van der Waals surface area contributed by atoms with Crippen LogP contribution in [0.2, 0.25) is 0 Å². The van der Waals surface area contributed by atoms with Crippen molar-refractivity contribution in [3.05, 3.63) is 65.2 Å². The maximum Gasteiger partial charge on any atom is 0.238 e. The Bertz CT molecular complexity index is 731. The maximum atomic E-state index is 12.8. The third-order valence-electron chi connectivity index (χ3n) is 4.62. The van der Waals surface area contributed by atoms with E-state index in [-0.39, 0.29) is 23.7 Å². The predicted molar refractivity (Wildman–Crippen MR) is 91.2 cm³/mol. The van der Waals surface area contributed by atoms with Gasteiger partial charge in [-0.2, -0.15) is 0 Å². The molecule has 3 nitrogen and oxygen atoms in total. The van der Waals surface area contributed by atoms with Crippen LogP contribution in [-0.4, -0.2) is 11.8 Å². The molecule has 23 heavy (non-hydrogen) atoms. The first-order valence-corrected chi connectivity index (χ1v) is 7.97. The van der Waals surface area contributed by atoms with E-state index in [0.717, 1.165) is 11.1 Å². The number of aryl methyl sites for hydroxylation is 2. The van der Waals surface area contributed by atoms with E-state index in [4.69, 9.17) is 0 Å². The Hall–Kier alpha value is -2.42. The van der Waals surface area contributed by atoms with Crippen LogP contribution in [0.5, 0.6) is 0 Å². The highest BCUT2D eigenvalue weighted by atomic mass is 16.2. The van der Waals surface area contributed by atoms with Gasteiger partial charge < -0.3 is 0 Å². The molecule has 1 saturated heterocycles. The number of nitrogens with zero attached hydrogens (tertiary/aromatic N) is 1. The summed E-state index contributed by atoms with van der Waals surface area (Å²) in [6.07, 6.45) is 0.606. The molecule has 2 amide bonds. The van der Waals surface area contributed by atoms with Gasteiger partial charge in [-0.1, -0.05) is 54.4 Å². The van der Waals surface area contributed by atoms with Gasteiger partial charge in [0, 0.05) is 5.92 Å². The highest BCUT2D eigenvalue weighted by molar-refractivity contribution is 6.21. The third kappa shape index (κ3) is 2.91. The van der Waals surface area contributed by atoms with Crippen molar-refractivity contribution in [2.45, 2.75) is 27.2 Å². The van der Waals surface area contributed by atoms with Crippen LogP contribution < -0.4 is 4.90 Å². The van der Waals surface area contributed by atoms with E-state index in [9.17, 15) is 9.59 Å². The van der Waals surface area contributed by atoms with Crippen LogP contribution in [0.15, 0.2) is 48.5 Å². The van der Waals surface area contributed by atoms with Crippen LogP contribution in [0.4, 0.5) is 5.69 Å². The lowest BCUT2D eigenvalue weighted by molar-refractivity contribution is -0.122. The number of hydrogen-bond donors (Lipinski definition) is 0. The summed E-state index contributed by atoms with van der Waals surface area (Å²) < 4.78 is 0. The van der Waals surface area contributed by atoms with Crippen molar-refractivity contribution in [1.29, 1.82) is 0 Å². The molecule has 2 aromatic carbocycles. The molecule has 1 aliphatic heterocycles. The Morgan fingerprint density at radius 1 is 0.826 bits per heavy atom. The van der Waals surface area contributed by atoms with Crippen molar-refractivity contribution >= 4 is 17.5 Å². The Kier molecular flexibility index (Phi) is 4.03. The summed E-state index contributed by atoms with van der Waals surface area (Å²) in [4.78, 5) is 26.7. The van der Waals surface area contributed by atoms with Gasteiger partial charge in [0.25, 0.3) is 0 Å². The SMILES string of the molecule is Cc1ccc(C[C@@H]2C(=O)N(c3ccc(C)cc3)C(=O)[C@@H]2C)cc1. The Morgan fingerprint density at radius 3 is 1.91 bits per heavy atom. The number of anilines is 1. The number of hydrogen-bond acceptors (Lipinski definition) is 2. The zero-order chi connectivity index (χ0) is 16.6. The van der Waals surface area contributed by atoms with Gasteiger partial charge in [-0.15, -0.1) is 0 Å². The summed E-state index contributed by atoms with van der Waals surface area (Å²) in [5.41, 5.74) is 4.07. The van der Waals surface area contributed by atoms with Crippen LogP contribution in [0.1, 0.15) is 23.6 Å². The van der Waals surface area contributed by atoms with Gasteiger partial charge in [0.15, 0.2) is 0 Å². The number of carbonyl (C=O) groups is 2. The summed E-state index contributed by atoms with van der Waals surface area (Å²) >= 11 is 0. The molecule has 0 saturated carbocycles. The van der Waals surface area contributed by atoms with E-state index in [0.29, 0.717) is 12.1 Å². The molecule has 0 bridgehead atoms. The van der Waals surface area contributed by atoms with E-state index in [1.165, 1.54) is 10.5 Å². The lowest BCUT2D eigenvalue weighted by atomic mass is 9.90. The molecular formula is C20H21NO2. The van der Waals surface area contributed by atoms with Gasteiger partial charge in [0.1, 0.15) is 0 Å². The summed E-state index contributed by atoms with van der Waals surface area (Å²) in [7, 11) is 0. The quantitative estimate of drug-likeness (QED) is 0.811. The van der Waals surface area contributed by atoms with Crippen molar-refractivity contribution < 1.29 is 9.59 Å². The summed E-state index contributed by atoms with van der Waals surface area (Å²) in [5, 5.41) is 0. The zero-order valence-electron chi connectivity index (χ0n) is 13.7. The zero-order valence-corrected chi connectivity index (χ0v) is 13.7. The van der Waals surface area contributed by atoms with Gasteiger partial charge in [0.05, 0.1) is 11.6 Å². The van der Waals surface area contributed by atoms with Crippen molar-refractivity contribution in [2.75, 3.05) is 4.90 Å². The molecule has 0 N–H and O–H groups in total. The van der Waals surface area contributed by atoms with Crippen LogP contribution in [-0.2, 0) is 16.0 Å². The smallest absolute Gasteiger partial charge is 0.238 e. The van der Waals surface area contributed by atoms with E-state index < -0.39 is 0 Å². The molecular weight excluding hydrogens is 286 g/mol. The van der Waals surface area contributed by atoms with Gasteiger partial charge >= 0.3 is 0 Å². The van der Waals surface area contributed by atoms with Crippen LogP contribution >= 0.6 is 0 Å². The Morgan fingerprint density at radius 2 is 1.35 bits per heavy atom. The first kappa shape index (κ1) is 15.5. The second kappa shape index (κ2) is 5.99. The minimum Gasteiger partial charge on any atom is -0.274 e. The van der Waals surface area contributed by atoms with E-state index >= 15 is 0 Å². The number of benzene rings is 2. The monoisotopic (exact) mass is 307 g/mol. The van der Waals surface area contributed by atoms with Crippen molar-refractivity contribution in [2.24, 2.45) is 11.8 Å². The number of imide groups is 1. The van der Waals surface area contributed by atoms with Crippen LogP contribution in [0, 0.1) is 25.7 Å². The molecule has 0 radical (unpaired) electrons. The largest absolute Gasteiger partial charge is 0.274 e. The average Bonchev–Trinajstić information content (AvgIpc) is 2.74. The lowest BCUT2D eigenvalue weighted by Gasteiger charge is -2.15. The minimum atomic E-state index is -0.287. The van der Waals surface area contributed by atoms with Crippen molar-refractivity contribution in [3.8, 4) is 0 Å². The summed E-state index contributed by atoms with van der Waals surface area (Å²) in [6, 6.07) is 15.7. The third-order valence-corrected chi connectivity index (χ3v) is 4.62. The Balaban J connectivity index is 1.85. The molecule has 1 heterocycles. The number of amides is 2. The molecule has 0 aromatic heterocycles. The molecule has 0 spiro atoms. The topological polar surface area (TPSA) is 37.4 Å². The minimum absolute atomic E-state index is 0.0908. The summed E-state index contributed by atoms with van der Waals surface area (Å²) in [6.45, 7) is 5.88. The van der Waals surface area contributed by atoms with E-state index in [2.05, 4.69) is 0 Å². The molecule has 2 atom stereocenters. The fourth-order valence-electron chi connectivity index (χ4n) is 3.05. The predicted octanol–water partition coefficient (Wildman–Crippen LogP) is 3.67. The molecule has 0 unspecified atom stereocenters. The highest BCUT2D eigenvalue weighted by Gasteiger charge is 2.45. The molecule has 1 aliphatic rings. The highest BCUT2D eigenvalue weighted by Crippen LogP contribution is 2.33. The first-order chi connectivity index (χ1) is 11.0. The fraction of sp³-hybridized carbons (Fsp3) is 0.300. The van der Waals surface area contributed by atoms with E-state index in [1.807, 2.05) is 69.3 Å². The normalized spacial score (nSPS) is 21.1. The second-order valence-corrected chi connectivity index (χ2v) is 6.43. The number of carbonyl (C=O) groups excluding carboxylic acids is 2. The molecule has 118 valence electrons. The Labute approximate surface area is 136 Å². The molecule has 2 aromatic rings. The van der Waals surface area contributed by atoms with E-state index in [1.54, 1.807) is 0 Å². The summed E-state index contributed by atoms with van der Waals surface area (Å²) in [5.74, 6) is -0.764. The van der Waals surface area contributed by atoms with Gasteiger partial charge in [0.2, 0.25) is 11.8 Å². The van der Waals surface area contributed by atoms with Crippen LogP contribution in [0.25, 0.3) is 0 Å². The fourth-order valence-corrected chi connectivity index (χ4v) is 3.05. The molecule has 3 rings (SSSR count). The average molecular weight is 307 g/mol. The van der Waals surface area contributed by atoms with Crippen LogP contribution in [0.3, 0.4) is 0 Å². The maximum absolute atomic E-state index is 12.8. The first-order valence-electron chi connectivity index (χ1n) is 7.97. The molecule has 0 aliphatic carbocycles. The number of rotatable bonds is 3. The van der Waals surface area contributed by atoms with Crippen molar-refractivity contribution in [1.82, 2.24) is 0 Å².